The summed E-state index contributed by atoms with van der Waals surface area (Å²) in [4.78, 5) is 21.3. The standard InChI is InChI=1S/C12H14FN3O3/c13-10-7-9(16(18)19)3-4-11(10)15-12(17)5-6-14-8-1-2-8/h3-4,7-8,14H,1-2,5-6H2,(H,15,17). The van der Waals surface area contributed by atoms with Gasteiger partial charge in [-0.1, -0.05) is 0 Å². The molecule has 1 fully saturated rings. The van der Waals surface area contributed by atoms with Crippen molar-refractivity contribution < 1.29 is 14.1 Å². The largest absolute Gasteiger partial charge is 0.324 e. The summed E-state index contributed by atoms with van der Waals surface area (Å²) in [5.74, 6) is -1.13. The van der Waals surface area contributed by atoms with Crippen LogP contribution in [-0.2, 0) is 4.79 Å². The van der Waals surface area contributed by atoms with Crippen LogP contribution in [0.5, 0.6) is 0 Å². The molecule has 2 rings (SSSR count). The zero-order valence-corrected chi connectivity index (χ0v) is 10.2. The van der Waals surface area contributed by atoms with Gasteiger partial charge in [0, 0.05) is 25.1 Å². The molecule has 1 aliphatic rings. The van der Waals surface area contributed by atoms with Gasteiger partial charge in [-0.25, -0.2) is 4.39 Å². The van der Waals surface area contributed by atoms with Crippen molar-refractivity contribution in [3.05, 3.63) is 34.1 Å². The maximum atomic E-state index is 13.5. The topological polar surface area (TPSA) is 84.3 Å². The molecule has 2 N–H and O–H groups in total. The van der Waals surface area contributed by atoms with Gasteiger partial charge in [0.05, 0.1) is 16.7 Å². The summed E-state index contributed by atoms with van der Waals surface area (Å²) in [7, 11) is 0. The van der Waals surface area contributed by atoms with Crippen LogP contribution in [0.1, 0.15) is 19.3 Å². The van der Waals surface area contributed by atoms with Crippen LogP contribution in [0.3, 0.4) is 0 Å². The highest BCUT2D eigenvalue weighted by atomic mass is 19.1. The second kappa shape index (κ2) is 5.75. The van der Waals surface area contributed by atoms with Gasteiger partial charge < -0.3 is 10.6 Å². The summed E-state index contributed by atoms with van der Waals surface area (Å²) in [5, 5.41) is 16.0. The minimum absolute atomic E-state index is 0.0398. The molecule has 0 spiro atoms. The Morgan fingerprint density at radius 3 is 2.79 bits per heavy atom. The van der Waals surface area contributed by atoms with E-state index in [-0.39, 0.29) is 23.7 Å². The Morgan fingerprint density at radius 2 is 2.21 bits per heavy atom. The number of hydrogen-bond acceptors (Lipinski definition) is 4. The smallest absolute Gasteiger partial charge is 0.272 e. The maximum Gasteiger partial charge on any atom is 0.272 e. The van der Waals surface area contributed by atoms with E-state index in [1.54, 1.807) is 0 Å². The summed E-state index contributed by atoms with van der Waals surface area (Å²) in [6, 6.07) is 3.66. The van der Waals surface area contributed by atoms with Crippen LogP contribution in [-0.4, -0.2) is 23.4 Å². The Morgan fingerprint density at radius 1 is 1.47 bits per heavy atom. The van der Waals surface area contributed by atoms with Crippen LogP contribution in [0, 0.1) is 15.9 Å². The third-order valence-corrected chi connectivity index (χ3v) is 2.80. The number of nitro benzene ring substituents is 1. The first kappa shape index (κ1) is 13.4. The third kappa shape index (κ3) is 3.99. The molecule has 0 radical (unpaired) electrons. The molecule has 1 aliphatic carbocycles. The second-order valence-electron chi connectivity index (χ2n) is 4.45. The summed E-state index contributed by atoms with van der Waals surface area (Å²) in [6.07, 6.45) is 2.52. The molecular weight excluding hydrogens is 253 g/mol. The van der Waals surface area contributed by atoms with Crippen molar-refractivity contribution in [1.82, 2.24) is 5.32 Å². The zero-order valence-electron chi connectivity index (χ0n) is 10.2. The molecule has 0 unspecified atom stereocenters. The van der Waals surface area contributed by atoms with Crippen molar-refractivity contribution in [2.24, 2.45) is 0 Å². The van der Waals surface area contributed by atoms with Crippen LogP contribution in [0.2, 0.25) is 0 Å². The summed E-state index contributed by atoms with van der Waals surface area (Å²) in [5.41, 5.74) is -0.382. The lowest BCUT2D eigenvalue weighted by Gasteiger charge is -2.06. The average molecular weight is 267 g/mol. The van der Waals surface area contributed by atoms with Gasteiger partial charge in [-0.2, -0.15) is 0 Å². The first-order valence-corrected chi connectivity index (χ1v) is 6.03. The number of anilines is 1. The fourth-order valence-corrected chi connectivity index (χ4v) is 1.61. The predicted molar refractivity (Wildman–Crippen MR) is 67.3 cm³/mol. The molecule has 1 amide bonds. The van der Waals surface area contributed by atoms with Crippen molar-refractivity contribution in [2.75, 3.05) is 11.9 Å². The zero-order chi connectivity index (χ0) is 13.8. The Bertz CT molecular complexity index is 503. The fraction of sp³-hybridized carbons (Fsp3) is 0.417. The van der Waals surface area contributed by atoms with Crippen molar-refractivity contribution in [2.45, 2.75) is 25.3 Å². The number of amides is 1. The Kier molecular flexibility index (Phi) is 4.06. The Hall–Kier alpha value is -2.02. The maximum absolute atomic E-state index is 13.5. The van der Waals surface area contributed by atoms with Gasteiger partial charge in [-0.15, -0.1) is 0 Å². The highest BCUT2D eigenvalue weighted by Gasteiger charge is 2.20. The number of benzene rings is 1. The van der Waals surface area contributed by atoms with E-state index in [0.717, 1.165) is 25.0 Å². The van der Waals surface area contributed by atoms with Crippen LogP contribution >= 0.6 is 0 Å². The number of nitrogens with one attached hydrogen (secondary N) is 2. The first-order valence-electron chi connectivity index (χ1n) is 6.03. The lowest BCUT2D eigenvalue weighted by Crippen LogP contribution is -2.23. The van der Waals surface area contributed by atoms with Gasteiger partial charge in [-0.3, -0.25) is 14.9 Å². The highest BCUT2D eigenvalue weighted by molar-refractivity contribution is 5.91. The molecule has 6 nitrogen and oxygen atoms in total. The highest BCUT2D eigenvalue weighted by Crippen LogP contribution is 2.21. The normalized spacial score (nSPS) is 14.2. The van der Waals surface area contributed by atoms with E-state index >= 15 is 0 Å². The average Bonchev–Trinajstić information content (AvgIpc) is 3.15. The van der Waals surface area contributed by atoms with Gasteiger partial charge in [0.1, 0.15) is 0 Å². The fourth-order valence-electron chi connectivity index (χ4n) is 1.61. The minimum Gasteiger partial charge on any atom is -0.324 e. The van der Waals surface area contributed by atoms with E-state index in [2.05, 4.69) is 10.6 Å². The lowest BCUT2D eigenvalue weighted by molar-refractivity contribution is -0.385. The third-order valence-electron chi connectivity index (χ3n) is 2.80. The van der Waals surface area contributed by atoms with Crippen LogP contribution in [0.15, 0.2) is 18.2 Å². The van der Waals surface area contributed by atoms with Gasteiger partial charge in [-0.05, 0) is 18.9 Å². The van der Waals surface area contributed by atoms with Gasteiger partial charge in [0.25, 0.3) is 5.69 Å². The number of rotatable bonds is 6. The molecular formula is C12H14FN3O3. The van der Waals surface area contributed by atoms with Gasteiger partial charge >= 0.3 is 0 Å². The van der Waals surface area contributed by atoms with Gasteiger partial charge in [0.2, 0.25) is 5.91 Å². The predicted octanol–water partition coefficient (Wildman–Crippen LogP) is 1.81. The van der Waals surface area contributed by atoms with Crippen LogP contribution in [0.25, 0.3) is 0 Å². The van der Waals surface area contributed by atoms with Crippen LogP contribution in [0.4, 0.5) is 15.8 Å². The monoisotopic (exact) mass is 267 g/mol. The molecule has 7 heteroatoms. The first-order chi connectivity index (χ1) is 9.06. The van der Waals surface area contributed by atoms with Crippen molar-refractivity contribution in [3.63, 3.8) is 0 Å². The number of carbonyl (C=O) groups is 1. The van der Waals surface area contributed by atoms with E-state index < -0.39 is 10.7 Å². The molecule has 0 aliphatic heterocycles. The van der Waals surface area contributed by atoms with E-state index in [4.69, 9.17) is 0 Å². The van der Waals surface area contributed by atoms with Crippen molar-refractivity contribution in [3.8, 4) is 0 Å². The number of nitro groups is 1. The second-order valence-corrected chi connectivity index (χ2v) is 4.45. The molecule has 19 heavy (non-hydrogen) atoms. The summed E-state index contributed by atoms with van der Waals surface area (Å²) < 4.78 is 13.5. The van der Waals surface area contributed by atoms with E-state index in [9.17, 15) is 19.3 Å². The molecule has 0 bridgehead atoms. The van der Waals surface area contributed by atoms with E-state index in [1.165, 1.54) is 6.07 Å². The molecule has 1 aromatic rings. The molecule has 102 valence electrons. The molecule has 0 atom stereocenters. The quantitative estimate of drug-likeness (QED) is 0.608. The number of hydrogen-bond donors (Lipinski definition) is 2. The van der Waals surface area contributed by atoms with E-state index in [1.807, 2.05) is 0 Å². The number of non-ortho nitro benzene ring substituents is 1. The Balaban J connectivity index is 1.86. The molecule has 1 aromatic carbocycles. The van der Waals surface area contributed by atoms with E-state index in [0.29, 0.717) is 12.6 Å². The van der Waals surface area contributed by atoms with Gasteiger partial charge in [0.15, 0.2) is 5.82 Å². The van der Waals surface area contributed by atoms with Crippen LogP contribution < -0.4 is 10.6 Å². The number of nitrogens with zero attached hydrogens (tertiary/aromatic N) is 1. The molecule has 1 saturated carbocycles. The molecule has 0 saturated heterocycles. The number of carbonyl (C=O) groups excluding carboxylic acids is 1. The van der Waals surface area contributed by atoms with Crippen molar-refractivity contribution >= 4 is 17.3 Å². The molecule has 0 aromatic heterocycles. The SMILES string of the molecule is O=C(CCNC1CC1)Nc1ccc([N+](=O)[O-])cc1F. The summed E-state index contributed by atoms with van der Waals surface area (Å²) >= 11 is 0. The minimum atomic E-state index is -0.808. The number of halogens is 1. The van der Waals surface area contributed by atoms with Crippen molar-refractivity contribution in [1.29, 1.82) is 0 Å². The lowest BCUT2D eigenvalue weighted by atomic mass is 10.2. The summed E-state index contributed by atoms with van der Waals surface area (Å²) in [6.45, 7) is 0.547. The molecule has 0 heterocycles. The Labute approximate surface area is 109 Å².